The van der Waals surface area contributed by atoms with Crippen molar-refractivity contribution < 1.29 is 24.2 Å². The molecule has 0 aliphatic heterocycles. The van der Waals surface area contributed by atoms with Crippen LogP contribution in [0.25, 0.3) is 11.1 Å². The Balaban J connectivity index is 1.42. The second kappa shape index (κ2) is 9.90. The molecule has 9 nitrogen and oxygen atoms in total. The zero-order chi connectivity index (χ0) is 23.2. The van der Waals surface area contributed by atoms with Gasteiger partial charge in [0.25, 0.3) is 0 Å². The first-order valence-corrected chi connectivity index (χ1v) is 10.4. The Kier molecular flexibility index (Phi) is 6.58. The van der Waals surface area contributed by atoms with E-state index in [1.807, 2.05) is 48.5 Å². The van der Waals surface area contributed by atoms with Gasteiger partial charge < -0.3 is 15.2 Å². The van der Waals surface area contributed by atoms with E-state index >= 15 is 0 Å². The average Bonchev–Trinajstić information content (AvgIpc) is 3.14. The molecule has 4 rings (SSSR count). The van der Waals surface area contributed by atoms with Crippen LogP contribution in [0.5, 0.6) is 0 Å². The van der Waals surface area contributed by atoms with E-state index in [9.17, 15) is 14.4 Å². The van der Waals surface area contributed by atoms with Crippen LogP contribution in [0.1, 0.15) is 29.9 Å². The predicted molar refractivity (Wildman–Crippen MR) is 120 cm³/mol. The summed E-state index contributed by atoms with van der Waals surface area (Å²) in [6.07, 6.45) is 1.67. The van der Waals surface area contributed by atoms with Crippen molar-refractivity contribution in [3.63, 3.8) is 0 Å². The van der Waals surface area contributed by atoms with Gasteiger partial charge in [0.05, 0.1) is 0 Å². The maximum atomic E-state index is 12.6. The maximum absolute atomic E-state index is 12.6. The van der Waals surface area contributed by atoms with Gasteiger partial charge in [0.15, 0.2) is 0 Å². The highest BCUT2D eigenvalue weighted by atomic mass is 16.5. The number of aromatic nitrogens is 2. The number of carbonyl (C=O) groups excluding carboxylic acids is 2. The van der Waals surface area contributed by atoms with Gasteiger partial charge in [-0.2, -0.15) is 0 Å². The number of fused-ring (bicyclic) bond motifs is 3. The van der Waals surface area contributed by atoms with Gasteiger partial charge in [-0.15, -0.1) is 0 Å². The molecular weight excluding hydrogens is 424 g/mol. The summed E-state index contributed by atoms with van der Waals surface area (Å²) in [6.45, 7) is 0.0783. The Hall–Kier alpha value is -4.27. The predicted octanol–water partition coefficient (Wildman–Crippen LogP) is 3.19. The SMILES string of the molecule is O=C(O)CCC(NC(=O)OCC1c2ccccc2-c2ccccc21)C(=O)Nc1ncccn1. The molecule has 0 spiro atoms. The van der Waals surface area contributed by atoms with Crippen LogP contribution < -0.4 is 10.6 Å². The lowest BCUT2D eigenvalue weighted by molar-refractivity contribution is -0.137. The Morgan fingerprint density at radius 3 is 2.15 bits per heavy atom. The van der Waals surface area contributed by atoms with Crippen LogP contribution in [0.4, 0.5) is 10.7 Å². The zero-order valence-corrected chi connectivity index (χ0v) is 17.6. The summed E-state index contributed by atoms with van der Waals surface area (Å²) >= 11 is 0. The van der Waals surface area contributed by atoms with E-state index in [4.69, 9.17) is 9.84 Å². The van der Waals surface area contributed by atoms with Gasteiger partial charge in [0.1, 0.15) is 12.6 Å². The van der Waals surface area contributed by atoms with Crippen molar-refractivity contribution in [1.29, 1.82) is 0 Å². The number of ether oxygens (including phenoxy) is 1. The largest absolute Gasteiger partial charge is 0.481 e. The smallest absolute Gasteiger partial charge is 0.407 e. The van der Waals surface area contributed by atoms with Gasteiger partial charge in [0.2, 0.25) is 11.9 Å². The first-order valence-electron chi connectivity index (χ1n) is 10.4. The van der Waals surface area contributed by atoms with Crippen molar-refractivity contribution in [3.8, 4) is 11.1 Å². The van der Waals surface area contributed by atoms with E-state index in [0.29, 0.717) is 0 Å². The Labute approximate surface area is 189 Å². The summed E-state index contributed by atoms with van der Waals surface area (Å²) < 4.78 is 5.47. The highest BCUT2D eigenvalue weighted by molar-refractivity contribution is 5.95. The highest BCUT2D eigenvalue weighted by Crippen LogP contribution is 2.44. The molecule has 1 aliphatic rings. The number of nitrogens with zero attached hydrogens (tertiary/aromatic N) is 2. The summed E-state index contributed by atoms with van der Waals surface area (Å²) in [5.41, 5.74) is 4.33. The number of carbonyl (C=O) groups is 3. The second-order valence-corrected chi connectivity index (χ2v) is 7.52. The van der Waals surface area contributed by atoms with Crippen molar-refractivity contribution in [1.82, 2.24) is 15.3 Å². The van der Waals surface area contributed by atoms with Crippen molar-refractivity contribution in [2.24, 2.45) is 0 Å². The number of hydrogen-bond acceptors (Lipinski definition) is 6. The van der Waals surface area contributed by atoms with Crippen LogP contribution in [0, 0.1) is 0 Å². The maximum Gasteiger partial charge on any atom is 0.407 e. The van der Waals surface area contributed by atoms with Crippen LogP contribution in [-0.2, 0) is 14.3 Å². The first kappa shape index (κ1) is 21.9. The van der Waals surface area contributed by atoms with E-state index in [1.54, 1.807) is 6.07 Å². The minimum Gasteiger partial charge on any atom is -0.481 e. The number of alkyl carbamates (subject to hydrolysis) is 1. The quantitative estimate of drug-likeness (QED) is 0.484. The molecule has 0 bridgehead atoms. The number of benzene rings is 2. The monoisotopic (exact) mass is 446 g/mol. The summed E-state index contributed by atoms with van der Waals surface area (Å²) in [4.78, 5) is 43.9. The molecule has 9 heteroatoms. The minimum absolute atomic E-state index is 0.0529. The molecule has 2 aromatic carbocycles. The lowest BCUT2D eigenvalue weighted by Gasteiger charge is -2.19. The molecule has 168 valence electrons. The molecule has 1 atom stereocenters. The van der Waals surface area contributed by atoms with Crippen molar-refractivity contribution >= 4 is 23.9 Å². The van der Waals surface area contributed by atoms with E-state index in [1.165, 1.54) is 12.4 Å². The Morgan fingerprint density at radius 2 is 1.55 bits per heavy atom. The fraction of sp³-hybridized carbons (Fsp3) is 0.208. The zero-order valence-electron chi connectivity index (χ0n) is 17.6. The summed E-state index contributed by atoms with van der Waals surface area (Å²) in [7, 11) is 0. The van der Waals surface area contributed by atoms with Gasteiger partial charge in [0, 0.05) is 24.7 Å². The molecular formula is C24H22N4O5. The van der Waals surface area contributed by atoms with E-state index < -0.39 is 24.0 Å². The van der Waals surface area contributed by atoms with Crippen LogP contribution in [-0.4, -0.2) is 45.7 Å². The third-order valence-corrected chi connectivity index (χ3v) is 5.40. The first-order chi connectivity index (χ1) is 16.0. The van der Waals surface area contributed by atoms with E-state index in [2.05, 4.69) is 20.6 Å². The fourth-order valence-corrected chi connectivity index (χ4v) is 3.88. The van der Waals surface area contributed by atoms with E-state index in [0.717, 1.165) is 22.3 Å². The Bertz CT molecular complexity index is 1120. The Morgan fingerprint density at radius 1 is 0.939 bits per heavy atom. The van der Waals surface area contributed by atoms with Crippen molar-refractivity contribution in [3.05, 3.63) is 78.1 Å². The third kappa shape index (κ3) is 5.15. The number of amides is 2. The number of anilines is 1. The van der Waals surface area contributed by atoms with Crippen LogP contribution in [0.3, 0.4) is 0 Å². The molecule has 33 heavy (non-hydrogen) atoms. The summed E-state index contributed by atoms with van der Waals surface area (Å²) in [6, 6.07) is 16.4. The molecule has 1 heterocycles. The fourth-order valence-electron chi connectivity index (χ4n) is 3.88. The molecule has 0 radical (unpaired) electrons. The molecule has 3 aromatic rings. The normalized spacial score (nSPS) is 12.8. The molecule has 1 aliphatic carbocycles. The number of carboxylic acids is 1. The number of rotatable bonds is 8. The molecule has 0 saturated carbocycles. The molecule has 3 N–H and O–H groups in total. The van der Waals surface area contributed by atoms with Crippen LogP contribution in [0.2, 0.25) is 0 Å². The molecule has 2 amide bonds. The number of carboxylic acid groups (broad SMARTS) is 1. The number of nitrogens with one attached hydrogen (secondary N) is 2. The highest BCUT2D eigenvalue weighted by Gasteiger charge is 2.30. The minimum atomic E-state index is -1.12. The average molecular weight is 446 g/mol. The number of hydrogen-bond donors (Lipinski definition) is 3. The molecule has 1 unspecified atom stereocenters. The molecule has 0 saturated heterocycles. The third-order valence-electron chi connectivity index (χ3n) is 5.40. The second-order valence-electron chi connectivity index (χ2n) is 7.52. The van der Waals surface area contributed by atoms with Gasteiger partial charge >= 0.3 is 12.1 Å². The van der Waals surface area contributed by atoms with Gasteiger partial charge in [-0.05, 0) is 34.7 Å². The van der Waals surface area contributed by atoms with Crippen LogP contribution >= 0.6 is 0 Å². The lowest BCUT2D eigenvalue weighted by atomic mass is 9.98. The summed E-state index contributed by atoms with van der Waals surface area (Å²) in [5, 5.41) is 13.9. The molecule has 1 aromatic heterocycles. The summed E-state index contributed by atoms with van der Waals surface area (Å²) in [5.74, 6) is -1.79. The van der Waals surface area contributed by atoms with Gasteiger partial charge in [-0.25, -0.2) is 14.8 Å². The standard InChI is InChI=1S/C24H22N4O5/c29-21(30)11-10-20(22(31)28-23-25-12-5-13-26-23)27-24(32)33-14-19-17-8-3-1-6-15(17)16-7-2-4-9-18(16)19/h1-9,12-13,19-20H,10-11,14H2,(H,27,32)(H,29,30)(H,25,26,28,31). The number of aliphatic carboxylic acids is 1. The van der Waals surface area contributed by atoms with Crippen LogP contribution in [0.15, 0.2) is 67.0 Å². The molecule has 0 fully saturated rings. The van der Waals surface area contributed by atoms with Crippen molar-refractivity contribution in [2.45, 2.75) is 24.8 Å². The van der Waals surface area contributed by atoms with E-state index in [-0.39, 0.29) is 31.3 Å². The lowest BCUT2D eigenvalue weighted by Crippen LogP contribution is -2.44. The van der Waals surface area contributed by atoms with Gasteiger partial charge in [-0.3, -0.25) is 14.9 Å². The van der Waals surface area contributed by atoms with Gasteiger partial charge in [-0.1, -0.05) is 48.5 Å². The topological polar surface area (TPSA) is 131 Å². The van der Waals surface area contributed by atoms with Crippen molar-refractivity contribution in [2.75, 3.05) is 11.9 Å².